The zero-order chi connectivity index (χ0) is 37.3. The fourth-order valence-electron chi connectivity index (χ4n) is 8.23. The molecule has 0 unspecified atom stereocenters. The molecule has 0 aliphatic carbocycles. The highest BCUT2D eigenvalue weighted by atomic mass is 15.1. The van der Waals surface area contributed by atoms with Gasteiger partial charge >= 0.3 is 0 Å². The van der Waals surface area contributed by atoms with E-state index < -0.39 is 0 Å². The van der Waals surface area contributed by atoms with Crippen LogP contribution in [-0.2, 0) is 0 Å². The predicted molar refractivity (Wildman–Crippen MR) is 239 cm³/mol. The van der Waals surface area contributed by atoms with Crippen LogP contribution in [0, 0.1) is 0 Å². The van der Waals surface area contributed by atoms with Crippen molar-refractivity contribution in [2.75, 3.05) is 9.80 Å². The molecule has 56 heavy (non-hydrogen) atoms. The Morgan fingerprint density at radius 1 is 0.232 bits per heavy atom. The van der Waals surface area contributed by atoms with E-state index in [-0.39, 0.29) is 0 Å². The predicted octanol–water partition coefficient (Wildman–Crippen LogP) is 15.4. The summed E-state index contributed by atoms with van der Waals surface area (Å²) in [4.78, 5) is 4.67. The van der Waals surface area contributed by atoms with Crippen molar-refractivity contribution >= 4 is 66.4 Å². The Kier molecular flexibility index (Phi) is 8.55. The first-order valence-electron chi connectivity index (χ1n) is 19.2. The minimum atomic E-state index is 1.13. The van der Waals surface area contributed by atoms with Gasteiger partial charge in [-0.25, -0.2) is 0 Å². The van der Waals surface area contributed by atoms with E-state index in [0.717, 1.165) is 34.1 Å². The van der Waals surface area contributed by atoms with Crippen molar-refractivity contribution in [3.8, 4) is 22.3 Å². The van der Waals surface area contributed by atoms with Crippen LogP contribution in [0.15, 0.2) is 231 Å². The van der Waals surface area contributed by atoms with Gasteiger partial charge in [-0.1, -0.05) is 158 Å². The summed E-state index contributed by atoms with van der Waals surface area (Å²) >= 11 is 0. The first-order valence-corrected chi connectivity index (χ1v) is 19.2. The summed E-state index contributed by atoms with van der Waals surface area (Å²) in [5.41, 5.74) is 11.7. The molecule has 0 spiro atoms. The standard InChI is InChI=1S/C54H38N2/c1-5-17-42(18-6-1)55(43-19-7-2-8-20-43)46-34-33-39-37-41(32-31-40(39)38-46)47-27-15-29-49-48(47)28-16-30-50(49)52-35-36-54(53-26-14-13-25-51(52)53)56(44-21-9-3-10-22-44)45-23-11-4-12-24-45/h1-38H. The second kappa shape index (κ2) is 14.4. The first kappa shape index (κ1) is 33.2. The molecule has 2 nitrogen and oxygen atoms in total. The molecule has 0 fully saturated rings. The second-order valence-corrected chi connectivity index (χ2v) is 14.1. The van der Waals surface area contributed by atoms with E-state index in [1.54, 1.807) is 0 Å². The molecule has 10 rings (SSSR count). The fraction of sp³-hybridized carbons (Fsp3) is 0. The van der Waals surface area contributed by atoms with Crippen LogP contribution in [0.2, 0.25) is 0 Å². The van der Waals surface area contributed by atoms with Gasteiger partial charge in [0.05, 0.1) is 5.69 Å². The summed E-state index contributed by atoms with van der Waals surface area (Å²) in [6.07, 6.45) is 0. The smallest absolute Gasteiger partial charge is 0.0540 e. The molecular formula is C54H38N2. The van der Waals surface area contributed by atoms with Crippen LogP contribution < -0.4 is 9.80 Å². The Bertz CT molecular complexity index is 2880. The van der Waals surface area contributed by atoms with Crippen molar-refractivity contribution in [1.82, 2.24) is 0 Å². The number of anilines is 6. The third-order valence-electron chi connectivity index (χ3n) is 10.8. The van der Waals surface area contributed by atoms with Crippen LogP contribution >= 0.6 is 0 Å². The third kappa shape index (κ3) is 6.04. The van der Waals surface area contributed by atoms with E-state index in [0.29, 0.717) is 0 Å². The molecule has 0 saturated carbocycles. The van der Waals surface area contributed by atoms with Gasteiger partial charge in [0.15, 0.2) is 0 Å². The summed E-state index contributed by atoms with van der Waals surface area (Å²) in [5.74, 6) is 0. The van der Waals surface area contributed by atoms with Crippen molar-refractivity contribution in [2.45, 2.75) is 0 Å². The zero-order valence-electron chi connectivity index (χ0n) is 30.8. The number of hydrogen-bond donors (Lipinski definition) is 0. The summed E-state index contributed by atoms with van der Waals surface area (Å²) in [7, 11) is 0. The minimum absolute atomic E-state index is 1.13. The van der Waals surface area contributed by atoms with Crippen LogP contribution in [0.25, 0.3) is 54.6 Å². The van der Waals surface area contributed by atoms with Crippen LogP contribution in [0.1, 0.15) is 0 Å². The lowest BCUT2D eigenvalue weighted by Gasteiger charge is -2.27. The maximum absolute atomic E-state index is 2.36. The van der Waals surface area contributed by atoms with Gasteiger partial charge in [0.25, 0.3) is 0 Å². The molecule has 0 aliphatic heterocycles. The highest BCUT2D eigenvalue weighted by molar-refractivity contribution is 6.12. The van der Waals surface area contributed by atoms with E-state index in [1.165, 1.54) is 54.6 Å². The molecular weight excluding hydrogens is 677 g/mol. The van der Waals surface area contributed by atoms with E-state index >= 15 is 0 Å². The van der Waals surface area contributed by atoms with E-state index in [2.05, 4.69) is 240 Å². The van der Waals surface area contributed by atoms with Crippen molar-refractivity contribution in [2.24, 2.45) is 0 Å². The maximum atomic E-state index is 2.36. The van der Waals surface area contributed by atoms with Gasteiger partial charge < -0.3 is 9.80 Å². The lowest BCUT2D eigenvalue weighted by Crippen LogP contribution is -2.10. The molecule has 10 aromatic carbocycles. The topological polar surface area (TPSA) is 6.48 Å². The van der Waals surface area contributed by atoms with Gasteiger partial charge in [0.1, 0.15) is 0 Å². The van der Waals surface area contributed by atoms with Crippen molar-refractivity contribution in [3.05, 3.63) is 231 Å². The lowest BCUT2D eigenvalue weighted by atomic mass is 9.90. The molecule has 0 bridgehead atoms. The molecule has 264 valence electrons. The van der Waals surface area contributed by atoms with E-state index in [9.17, 15) is 0 Å². The molecule has 0 saturated heterocycles. The van der Waals surface area contributed by atoms with Crippen molar-refractivity contribution < 1.29 is 0 Å². The van der Waals surface area contributed by atoms with Gasteiger partial charge in [-0.3, -0.25) is 0 Å². The molecule has 0 amide bonds. The fourth-order valence-corrected chi connectivity index (χ4v) is 8.23. The van der Waals surface area contributed by atoms with E-state index in [1.807, 2.05) is 0 Å². The Morgan fingerprint density at radius 3 is 1.27 bits per heavy atom. The largest absolute Gasteiger partial charge is 0.310 e. The number of rotatable bonds is 8. The van der Waals surface area contributed by atoms with Crippen LogP contribution in [0.4, 0.5) is 34.1 Å². The molecule has 0 N–H and O–H groups in total. The summed E-state index contributed by atoms with van der Waals surface area (Å²) in [6, 6.07) is 83.0. The Balaban J connectivity index is 1.06. The molecule has 0 aliphatic rings. The lowest BCUT2D eigenvalue weighted by molar-refractivity contribution is 1.29. The molecule has 0 radical (unpaired) electrons. The number of para-hydroxylation sites is 4. The number of nitrogens with zero attached hydrogens (tertiary/aromatic N) is 2. The first-order chi connectivity index (χ1) is 27.8. The Hall–Kier alpha value is -7.42. The highest BCUT2D eigenvalue weighted by Crippen LogP contribution is 2.44. The van der Waals surface area contributed by atoms with Crippen LogP contribution in [-0.4, -0.2) is 0 Å². The average Bonchev–Trinajstić information content (AvgIpc) is 3.27. The molecule has 0 heterocycles. The molecule has 2 heteroatoms. The molecule has 0 atom stereocenters. The normalized spacial score (nSPS) is 11.2. The number of fused-ring (bicyclic) bond motifs is 3. The van der Waals surface area contributed by atoms with Crippen LogP contribution in [0.5, 0.6) is 0 Å². The molecule has 0 aromatic heterocycles. The van der Waals surface area contributed by atoms with E-state index in [4.69, 9.17) is 0 Å². The third-order valence-corrected chi connectivity index (χ3v) is 10.8. The quantitative estimate of drug-likeness (QED) is 0.155. The van der Waals surface area contributed by atoms with Crippen molar-refractivity contribution in [3.63, 3.8) is 0 Å². The monoisotopic (exact) mass is 714 g/mol. The summed E-state index contributed by atoms with van der Waals surface area (Å²) in [5, 5.41) is 7.32. The van der Waals surface area contributed by atoms with Gasteiger partial charge in [-0.15, -0.1) is 0 Å². The van der Waals surface area contributed by atoms with Gasteiger partial charge in [-0.05, 0) is 122 Å². The Labute approximate surface area is 327 Å². The van der Waals surface area contributed by atoms with Gasteiger partial charge in [0.2, 0.25) is 0 Å². The SMILES string of the molecule is c1ccc(N(c2ccccc2)c2ccc3cc(-c4cccc5c(-c6ccc(N(c7ccccc7)c7ccccc7)c7ccccc67)cccc45)ccc3c2)cc1. The number of hydrogen-bond acceptors (Lipinski definition) is 2. The van der Waals surface area contributed by atoms with Gasteiger partial charge in [-0.2, -0.15) is 0 Å². The average molecular weight is 715 g/mol. The summed E-state index contributed by atoms with van der Waals surface area (Å²) < 4.78 is 0. The zero-order valence-corrected chi connectivity index (χ0v) is 30.8. The summed E-state index contributed by atoms with van der Waals surface area (Å²) in [6.45, 7) is 0. The van der Waals surface area contributed by atoms with Gasteiger partial charge in [0, 0.05) is 33.8 Å². The minimum Gasteiger partial charge on any atom is -0.310 e. The Morgan fingerprint density at radius 2 is 0.661 bits per heavy atom. The van der Waals surface area contributed by atoms with Crippen LogP contribution in [0.3, 0.4) is 0 Å². The number of benzene rings is 10. The maximum Gasteiger partial charge on any atom is 0.0540 e. The molecule has 10 aromatic rings. The second-order valence-electron chi connectivity index (χ2n) is 14.1. The highest BCUT2D eigenvalue weighted by Gasteiger charge is 2.19. The van der Waals surface area contributed by atoms with Crippen molar-refractivity contribution in [1.29, 1.82) is 0 Å².